The van der Waals surface area contributed by atoms with Gasteiger partial charge in [0.1, 0.15) is 6.61 Å². The van der Waals surface area contributed by atoms with Crippen LogP contribution in [0, 0.1) is 5.41 Å². The van der Waals surface area contributed by atoms with Gasteiger partial charge in [0, 0.05) is 13.7 Å². The van der Waals surface area contributed by atoms with E-state index in [2.05, 4.69) is 12.2 Å². The highest BCUT2D eigenvalue weighted by Gasteiger charge is 2.41. The summed E-state index contributed by atoms with van der Waals surface area (Å²) in [5.74, 6) is -0.0790. The molecule has 5 heteroatoms. The third-order valence-corrected chi connectivity index (χ3v) is 3.30. The predicted octanol–water partition coefficient (Wildman–Crippen LogP) is 0.972. The van der Waals surface area contributed by atoms with E-state index in [0.717, 1.165) is 32.4 Å². The normalized spacial score (nSPS) is 23.2. The second-order valence-corrected chi connectivity index (χ2v) is 4.70. The summed E-state index contributed by atoms with van der Waals surface area (Å²) in [5, 5.41) is 3.25. The average molecular weight is 259 g/mol. The van der Waals surface area contributed by atoms with Crippen molar-refractivity contribution in [1.29, 1.82) is 0 Å². The minimum atomic E-state index is -0.304. The fourth-order valence-electron chi connectivity index (χ4n) is 2.30. The summed E-state index contributed by atoms with van der Waals surface area (Å²) >= 11 is 0. The molecule has 1 unspecified atom stereocenters. The highest BCUT2D eigenvalue weighted by molar-refractivity contribution is 5.77. The van der Waals surface area contributed by atoms with Crippen LogP contribution < -0.4 is 5.32 Å². The number of carbonyl (C=O) groups is 1. The van der Waals surface area contributed by atoms with Crippen LogP contribution in [0.25, 0.3) is 0 Å². The summed E-state index contributed by atoms with van der Waals surface area (Å²) in [4.78, 5) is 12.1. The number of ether oxygens (including phenoxy) is 3. The Bertz CT molecular complexity index is 239. The molecule has 0 aromatic heterocycles. The van der Waals surface area contributed by atoms with Gasteiger partial charge < -0.3 is 19.5 Å². The fraction of sp³-hybridized carbons (Fsp3) is 0.923. The maximum Gasteiger partial charge on any atom is 0.313 e. The van der Waals surface area contributed by atoms with Gasteiger partial charge in [0.2, 0.25) is 0 Å². The topological polar surface area (TPSA) is 56.8 Å². The molecule has 1 saturated heterocycles. The smallest absolute Gasteiger partial charge is 0.313 e. The van der Waals surface area contributed by atoms with Crippen molar-refractivity contribution >= 4 is 5.97 Å². The molecule has 0 bridgehead atoms. The second-order valence-electron chi connectivity index (χ2n) is 4.70. The van der Waals surface area contributed by atoms with Crippen molar-refractivity contribution in [2.45, 2.75) is 26.2 Å². The number of methoxy groups -OCH3 is 1. The summed E-state index contributed by atoms with van der Waals surface area (Å²) in [5.41, 5.74) is -0.304. The predicted molar refractivity (Wildman–Crippen MR) is 68.5 cm³/mol. The van der Waals surface area contributed by atoms with Crippen molar-refractivity contribution in [2.24, 2.45) is 5.41 Å². The third kappa shape index (κ3) is 4.55. The summed E-state index contributed by atoms with van der Waals surface area (Å²) in [6, 6.07) is 0. The van der Waals surface area contributed by atoms with E-state index in [1.54, 1.807) is 7.11 Å². The Hall–Kier alpha value is -0.650. The molecule has 0 aromatic carbocycles. The van der Waals surface area contributed by atoms with E-state index in [4.69, 9.17) is 14.2 Å². The minimum Gasteiger partial charge on any atom is -0.463 e. The van der Waals surface area contributed by atoms with Crippen LogP contribution in [0.2, 0.25) is 0 Å². The van der Waals surface area contributed by atoms with E-state index in [9.17, 15) is 4.79 Å². The third-order valence-electron chi connectivity index (χ3n) is 3.30. The number of carbonyl (C=O) groups excluding carboxylic acids is 1. The van der Waals surface area contributed by atoms with Gasteiger partial charge in [-0.2, -0.15) is 0 Å². The molecule has 1 N–H and O–H groups in total. The summed E-state index contributed by atoms with van der Waals surface area (Å²) in [6.45, 7) is 5.61. The second kappa shape index (κ2) is 8.45. The first kappa shape index (κ1) is 15.4. The Morgan fingerprint density at radius 3 is 2.67 bits per heavy atom. The zero-order chi connectivity index (χ0) is 13.3. The van der Waals surface area contributed by atoms with Crippen LogP contribution in [0.3, 0.4) is 0 Å². The molecular weight excluding hydrogens is 234 g/mol. The first-order valence-electron chi connectivity index (χ1n) is 6.70. The largest absolute Gasteiger partial charge is 0.463 e. The standard InChI is InChI=1S/C13H25NO4/c1-3-4-13(5-6-14-11-13)12(15)18-10-9-17-8-7-16-2/h14H,3-11H2,1-2H3. The van der Waals surface area contributed by atoms with Gasteiger partial charge in [-0.3, -0.25) is 4.79 Å². The highest BCUT2D eigenvalue weighted by Crippen LogP contribution is 2.32. The van der Waals surface area contributed by atoms with Crippen LogP contribution in [0.1, 0.15) is 26.2 Å². The minimum absolute atomic E-state index is 0.0790. The van der Waals surface area contributed by atoms with E-state index >= 15 is 0 Å². The lowest BCUT2D eigenvalue weighted by molar-refractivity contribution is -0.157. The number of rotatable bonds is 9. The molecule has 106 valence electrons. The number of hydrogen-bond donors (Lipinski definition) is 1. The van der Waals surface area contributed by atoms with Gasteiger partial charge in [0.15, 0.2) is 0 Å². The molecule has 18 heavy (non-hydrogen) atoms. The van der Waals surface area contributed by atoms with Gasteiger partial charge in [-0.05, 0) is 19.4 Å². The van der Waals surface area contributed by atoms with Gasteiger partial charge in [0.25, 0.3) is 0 Å². The molecule has 0 radical (unpaired) electrons. The summed E-state index contributed by atoms with van der Waals surface area (Å²) in [7, 11) is 1.63. The van der Waals surface area contributed by atoms with Crippen molar-refractivity contribution in [1.82, 2.24) is 5.32 Å². The fourth-order valence-corrected chi connectivity index (χ4v) is 2.30. The monoisotopic (exact) mass is 259 g/mol. The molecule has 5 nitrogen and oxygen atoms in total. The highest BCUT2D eigenvalue weighted by atomic mass is 16.6. The van der Waals surface area contributed by atoms with E-state index in [1.165, 1.54) is 0 Å². The van der Waals surface area contributed by atoms with Crippen LogP contribution in [-0.2, 0) is 19.0 Å². The van der Waals surface area contributed by atoms with Crippen molar-refractivity contribution in [2.75, 3.05) is 46.6 Å². The lowest BCUT2D eigenvalue weighted by Gasteiger charge is -2.25. The van der Waals surface area contributed by atoms with E-state index in [-0.39, 0.29) is 11.4 Å². The maximum absolute atomic E-state index is 12.1. The molecule has 0 amide bonds. The molecular formula is C13H25NO4. The molecule has 1 heterocycles. The van der Waals surface area contributed by atoms with Gasteiger partial charge in [-0.15, -0.1) is 0 Å². The SMILES string of the molecule is CCCC1(C(=O)OCCOCCOC)CCNC1. The zero-order valence-corrected chi connectivity index (χ0v) is 11.5. The van der Waals surface area contributed by atoms with Crippen molar-refractivity contribution in [3.8, 4) is 0 Å². The quantitative estimate of drug-likeness (QED) is 0.494. The van der Waals surface area contributed by atoms with Crippen LogP contribution in [-0.4, -0.2) is 52.6 Å². The lowest BCUT2D eigenvalue weighted by atomic mass is 9.83. The number of nitrogens with one attached hydrogen (secondary N) is 1. The van der Waals surface area contributed by atoms with Gasteiger partial charge in [-0.1, -0.05) is 13.3 Å². The van der Waals surface area contributed by atoms with Crippen LogP contribution in [0.5, 0.6) is 0 Å². The van der Waals surface area contributed by atoms with Crippen molar-refractivity contribution in [3.63, 3.8) is 0 Å². The number of esters is 1. The lowest BCUT2D eigenvalue weighted by Crippen LogP contribution is -2.35. The Morgan fingerprint density at radius 2 is 2.06 bits per heavy atom. The first-order valence-corrected chi connectivity index (χ1v) is 6.70. The van der Waals surface area contributed by atoms with Crippen molar-refractivity contribution < 1.29 is 19.0 Å². The zero-order valence-electron chi connectivity index (χ0n) is 11.5. The van der Waals surface area contributed by atoms with Crippen LogP contribution in [0.15, 0.2) is 0 Å². The molecule has 1 atom stereocenters. The first-order chi connectivity index (χ1) is 8.75. The Balaban J connectivity index is 2.21. The molecule has 1 fully saturated rings. The van der Waals surface area contributed by atoms with Crippen LogP contribution in [0.4, 0.5) is 0 Å². The average Bonchev–Trinajstić information content (AvgIpc) is 2.83. The number of hydrogen-bond acceptors (Lipinski definition) is 5. The molecule has 0 aliphatic carbocycles. The molecule has 1 aliphatic heterocycles. The van der Waals surface area contributed by atoms with Crippen LogP contribution >= 0.6 is 0 Å². The van der Waals surface area contributed by atoms with E-state index in [0.29, 0.717) is 26.4 Å². The Kier molecular flexibility index (Phi) is 7.23. The summed E-state index contributed by atoms with van der Waals surface area (Å²) in [6.07, 6.45) is 2.77. The van der Waals surface area contributed by atoms with E-state index < -0.39 is 0 Å². The molecule has 1 rings (SSSR count). The summed E-state index contributed by atoms with van der Waals surface area (Å²) < 4.78 is 15.4. The van der Waals surface area contributed by atoms with Gasteiger partial charge in [-0.25, -0.2) is 0 Å². The van der Waals surface area contributed by atoms with E-state index in [1.807, 2.05) is 0 Å². The van der Waals surface area contributed by atoms with Gasteiger partial charge in [0.05, 0.1) is 25.2 Å². The Labute approximate surface area is 109 Å². The molecule has 0 spiro atoms. The molecule has 1 aliphatic rings. The maximum atomic E-state index is 12.1. The molecule has 0 saturated carbocycles. The van der Waals surface area contributed by atoms with Gasteiger partial charge >= 0.3 is 5.97 Å². The molecule has 0 aromatic rings. The Morgan fingerprint density at radius 1 is 1.28 bits per heavy atom. The van der Waals surface area contributed by atoms with Crippen molar-refractivity contribution in [3.05, 3.63) is 0 Å².